The van der Waals surface area contributed by atoms with Gasteiger partial charge in [0, 0.05) is 30.9 Å². The van der Waals surface area contributed by atoms with Crippen LogP contribution in [0.2, 0.25) is 0 Å². The summed E-state index contributed by atoms with van der Waals surface area (Å²) in [6.45, 7) is 12.6. The Bertz CT molecular complexity index is 462. The lowest BCUT2D eigenvalue weighted by molar-refractivity contribution is 0.0902. The molecular formula is C18H30N2O2. The zero-order chi connectivity index (χ0) is 16.8. The number of hydrogen-bond acceptors (Lipinski definition) is 3. The Morgan fingerprint density at radius 2 is 1.77 bits per heavy atom. The maximum atomic E-state index is 12.2. The molecule has 0 saturated carbocycles. The number of anilines is 1. The average molecular weight is 306 g/mol. The quantitative estimate of drug-likeness (QED) is 0.776. The van der Waals surface area contributed by atoms with Gasteiger partial charge in [-0.05, 0) is 56.9 Å². The third kappa shape index (κ3) is 5.68. The molecule has 1 amide bonds. The van der Waals surface area contributed by atoms with Gasteiger partial charge in [-0.3, -0.25) is 4.79 Å². The van der Waals surface area contributed by atoms with Crippen LogP contribution < -0.4 is 10.2 Å². The highest BCUT2D eigenvalue weighted by Crippen LogP contribution is 2.21. The zero-order valence-electron chi connectivity index (χ0n) is 14.5. The summed E-state index contributed by atoms with van der Waals surface area (Å²) in [6.07, 6.45) is 0.300. The first-order chi connectivity index (χ1) is 10.3. The highest BCUT2D eigenvalue weighted by atomic mass is 16.3. The minimum atomic E-state index is -0.361. The molecule has 1 aromatic carbocycles. The number of amides is 1. The normalized spacial score (nSPS) is 12.8. The van der Waals surface area contributed by atoms with Crippen molar-refractivity contribution in [1.29, 1.82) is 0 Å². The molecule has 4 heteroatoms. The second-order valence-electron chi connectivity index (χ2n) is 6.62. The third-order valence-electron chi connectivity index (χ3n) is 3.83. The minimum absolute atomic E-state index is 0.0650. The Hall–Kier alpha value is -1.55. The Kier molecular flexibility index (Phi) is 6.88. The Morgan fingerprint density at radius 1 is 1.23 bits per heavy atom. The van der Waals surface area contributed by atoms with Crippen molar-refractivity contribution in [3.63, 3.8) is 0 Å². The van der Waals surface area contributed by atoms with Gasteiger partial charge in [0.05, 0.1) is 6.10 Å². The molecule has 0 aromatic heterocycles. The van der Waals surface area contributed by atoms with Crippen LogP contribution in [0.15, 0.2) is 24.3 Å². The molecule has 1 aromatic rings. The molecule has 0 aliphatic carbocycles. The van der Waals surface area contributed by atoms with E-state index in [0.717, 1.165) is 18.8 Å². The van der Waals surface area contributed by atoms with Crippen LogP contribution in [0.5, 0.6) is 0 Å². The molecule has 0 aliphatic heterocycles. The van der Waals surface area contributed by atoms with Gasteiger partial charge in [-0.15, -0.1) is 0 Å². The summed E-state index contributed by atoms with van der Waals surface area (Å²) in [6, 6.07) is 7.71. The summed E-state index contributed by atoms with van der Waals surface area (Å²) in [5, 5.41) is 12.4. The summed E-state index contributed by atoms with van der Waals surface area (Å²) in [5.74, 6) is -0.0650. The summed E-state index contributed by atoms with van der Waals surface area (Å²) in [5.41, 5.74) is 1.69. The first-order valence-corrected chi connectivity index (χ1v) is 8.10. The molecule has 0 spiro atoms. The fraction of sp³-hybridized carbons (Fsp3) is 0.611. The maximum Gasteiger partial charge on any atom is 0.251 e. The van der Waals surface area contributed by atoms with E-state index in [-0.39, 0.29) is 17.4 Å². The molecule has 124 valence electrons. The van der Waals surface area contributed by atoms with Crippen molar-refractivity contribution >= 4 is 11.6 Å². The van der Waals surface area contributed by atoms with E-state index in [9.17, 15) is 9.90 Å². The fourth-order valence-corrected chi connectivity index (χ4v) is 2.71. The number of hydrogen-bond donors (Lipinski definition) is 2. The number of nitrogens with one attached hydrogen (secondary N) is 1. The van der Waals surface area contributed by atoms with Gasteiger partial charge in [0.1, 0.15) is 0 Å². The van der Waals surface area contributed by atoms with Crippen LogP contribution in [0, 0.1) is 5.41 Å². The predicted molar refractivity (Wildman–Crippen MR) is 92.4 cm³/mol. The van der Waals surface area contributed by atoms with Crippen LogP contribution in [0.4, 0.5) is 5.69 Å². The van der Waals surface area contributed by atoms with Gasteiger partial charge >= 0.3 is 0 Å². The van der Waals surface area contributed by atoms with Crippen molar-refractivity contribution in [2.24, 2.45) is 5.41 Å². The van der Waals surface area contributed by atoms with E-state index in [2.05, 4.69) is 24.1 Å². The molecule has 22 heavy (non-hydrogen) atoms. The second kappa shape index (κ2) is 8.18. The van der Waals surface area contributed by atoms with Crippen molar-refractivity contribution in [1.82, 2.24) is 5.32 Å². The van der Waals surface area contributed by atoms with Crippen molar-refractivity contribution in [2.75, 3.05) is 24.5 Å². The molecule has 1 unspecified atom stereocenters. The number of aliphatic hydroxyl groups excluding tert-OH is 1. The maximum absolute atomic E-state index is 12.2. The van der Waals surface area contributed by atoms with Crippen LogP contribution in [0.3, 0.4) is 0 Å². The molecule has 0 saturated heterocycles. The zero-order valence-corrected chi connectivity index (χ0v) is 14.5. The van der Waals surface area contributed by atoms with E-state index in [1.807, 2.05) is 38.1 Å². The van der Waals surface area contributed by atoms with E-state index in [1.54, 1.807) is 6.92 Å². The highest BCUT2D eigenvalue weighted by molar-refractivity contribution is 5.94. The monoisotopic (exact) mass is 306 g/mol. The largest absolute Gasteiger partial charge is 0.393 e. The highest BCUT2D eigenvalue weighted by Gasteiger charge is 2.21. The average Bonchev–Trinajstić information content (AvgIpc) is 2.45. The number of aliphatic hydroxyl groups is 1. The van der Waals surface area contributed by atoms with Gasteiger partial charge in [-0.2, -0.15) is 0 Å². The second-order valence-corrected chi connectivity index (χ2v) is 6.62. The van der Waals surface area contributed by atoms with E-state index in [1.165, 1.54) is 0 Å². The summed E-state index contributed by atoms with van der Waals surface area (Å²) < 4.78 is 0. The van der Waals surface area contributed by atoms with Crippen LogP contribution in [-0.4, -0.2) is 36.8 Å². The Morgan fingerprint density at radius 3 is 2.23 bits per heavy atom. The molecular weight excluding hydrogens is 276 g/mol. The van der Waals surface area contributed by atoms with Crippen LogP contribution in [0.25, 0.3) is 0 Å². The first-order valence-electron chi connectivity index (χ1n) is 8.10. The van der Waals surface area contributed by atoms with E-state index < -0.39 is 0 Å². The van der Waals surface area contributed by atoms with Gasteiger partial charge in [0.25, 0.3) is 5.91 Å². The lowest BCUT2D eigenvalue weighted by Crippen LogP contribution is -2.35. The fourth-order valence-electron chi connectivity index (χ4n) is 2.71. The van der Waals surface area contributed by atoms with Crippen LogP contribution in [0.1, 0.15) is 51.4 Å². The van der Waals surface area contributed by atoms with E-state index >= 15 is 0 Å². The molecule has 1 rings (SSSR count). The molecule has 0 heterocycles. The summed E-state index contributed by atoms with van der Waals surface area (Å²) in [7, 11) is 0. The van der Waals surface area contributed by atoms with Crippen molar-refractivity contribution in [2.45, 2.75) is 47.1 Å². The Labute approximate surface area is 134 Å². The van der Waals surface area contributed by atoms with E-state index in [0.29, 0.717) is 18.5 Å². The summed E-state index contributed by atoms with van der Waals surface area (Å²) in [4.78, 5) is 14.5. The first kappa shape index (κ1) is 18.5. The lowest BCUT2D eigenvalue weighted by Gasteiger charge is -2.26. The predicted octanol–water partition coefficient (Wildman–Crippen LogP) is 3.06. The minimum Gasteiger partial charge on any atom is -0.393 e. The molecule has 2 N–H and O–H groups in total. The number of carbonyl (C=O) groups is 1. The Balaban J connectivity index is 2.63. The van der Waals surface area contributed by atoms with Crippen LogP contribution in [-0.2, 0) is 0 Å². The lowest BCUT2D eigenvalue weighted by atomic mass is 9.87. The van der Waals surface area contributed by atoms with Gasteiger partial charge < -0.3 is 15.3 Å². The number of benzene rings is 1. The van der Waals surface area contributed by atoms with Crippen molar-refractivity contribution < 1.29 is 9.90 Å². The molecule has 0 bridgehead atoms. The number of nitrogens with zero attached hydrogens (tertiary/aromatic N) is 1. The van der Waals surface area contributed by atoms with E-state index in [4.69, 9.17) is 0 Å². The molecule has 4 nitrogen and oxygen atoms in total. The standard InChI is InChI=1S/C18H30N2O2/c1-6-20(7-2)16-10-8-15(9-11-16)17(22)19-13-18(4,5)12-14(3)21/h8-11,14,21H,6-7,12-13H2,1-5H3,(H,19,22). The molecule has 0 radical (unpaired) electrons. The van der Waals surface area contributed by atoms with Gasteiger partial charge in [0.15, 0.2) is 0 Å². The third-order valence-corrected chi connectivity index (χ3v) is 3.83. The van der Waals surface area contributed by atoms with Crippen LogP contribution >= 0.6 is 0 Å². The topological polar surface area (TPSA) is 52.6 Å². The van der Waals surface area contributed by atoms with Gasteiger partial charge in [-0.25, -0.2) is 0 Å². The molecule has 1 atom stereocenters. The SMILES string of the molecule is CCN(CC)c1ccc(C(=O)NCC(C)(C)CC(C)O)cc1. The summed E-state index contributed by atoms with van der Waals surface area (Å²) >= 11 is 0. The molecule has 0 fully saturated rings. The van der Waals surface area contributed by atoms with Gasteiger partial charge in [-0.1, -0.05) is 13.8 Å². The molecule has 0 aliphatic rings. The smallest absolute Gasteiger partial charge is 0.251 e. The number of carbonyl (C=O) groups excluding carboxylic acids is 1. The van der Waals surface area contributed by atoms with Gasteiger partial charge in [0.2, 0.25) is 0 Å². The van der Waals surface area contributed by atoms with Crippen molar-refractivity contribution in [3.05, 3.63) is 29.8 Å². The van der Waals surface area contributed by atoms with Crippen molar-refractivity contribution in [3.8, 4) is 0 Å². The number of rotatable bonds is 8.